The summed E-state index contributed by atoms with van der Waals surface area (Å²) in [5, 5.41) is 6.76. The number of amides is 1. The van der Waals surface area contributed by atoms with Gasteiger partial charge in [-0.3, -0.25) is 5.32 Å². The van der Waals surface area contributed by atoms with Crippen LogP contribution in [0.5, 0.6) is 0 Å². The summed E-state index contributed by atoms with van der Waals surface area (Å²) in [6, 6.07) is 22.2. The quantitative estimate of drug-likeness (QED) is 0.237. The van der Waals surface area contributed by atoms with Gasteiger partial charge in [-0.05, 0) is 78.7 Å². The molecule has 6 heteroatoms. The second-order valence-electron chi connectivity index (χ2n) is 8.39. The predicted molar refractivity (Wildman–Crippen MR) is 135 cm³/mol. The number of nitrogens with one attached hydrogen (secondary N) is 1. The Balaban J connectivity index is 0.000000203. The third kappa shape index (κ3) is 6.46. The molecule has 33 heavy (non-hydrogen) atoms. The first-order valence-corrected chi connectivity index (χ1v) is 10.2. The molecule has 0 aliphatic heterocycles. The first kappa shape index (κ1) is 23.1. The zero-order chi connectivity index (χ0) is 24.0. The van der Waals surface area contributed by atoms with Gasteiger partial charge in [-0.1, -0.05) is 36.4 Å². The Kier molecular flexibility index (Phi) is 6.81. The Bertz CT molecular complexity index is 1410. The lowest BCUT2D eigenvalue weighted by atomic mass is 10.1. The molecule has 0 aliphatic rings. The number of nitrogen functional groups attached to an aromatic ring is 1. The van der Waals surface area contributed by atoms with E-state index in [1.165, 1.54) is 0 Å². The number of carbonyl (C=O) groups is 1. The lowest BCUT2D eigenvalue weighted by molar-refractivity contribution is 0.0636. The summed E-state index contributed by atoms with van der Waals surface area (Å²) in [7, 11) is 0. The van der Waals surface area contributed by atoms with Crippen LogP contribution in [0, 0.1) is 13.1 Å². The van der Waals surface area contributed by atoms with Gasteiger partial charge in [0.15, 0.2) is 11.4 Å². The van der Waals surface area contributed by atoms with E-state index in [0.717, 1.165) is 27.2 Å². The maximum atomic E-state index is 11.7. The van der Waals surface area contributed by atoms with Crippen molar-refractivity contribution in [3.8, 4) is 0 Å². The maximum absolute atomic E-state index is 11.7. The molecule has 1 amide bonds. The molecule has 0 atom stereocenters. The standard InChI is InChI=1S/C16H16N2O2.C11H8N2/c1-16(2,3)20-15(19)18-14-8-6-11-9-13(17-4)7-5-12(11)10-14;1-13-11-5-3-8-6-10(12)4-2-9(8)7-11/h5-10H,1-3H3,(H,18,19);2-7H,12H2. The largest absolute Gasteiger partial charge is 0.444 e. The summed E-state index contributed by atoms with van der Waals surface area (Å²) in [5.41, 5.74) is 7.80. The Morgan fingerprint density at radius 1 is 0.788 bits per heavy atom. The van der Waals surface area contributed by atoms with E-state index in [2.05, 4.69) is 15.0 Å². The van der Waals surface area contributed by atoms with Gasteiger partial charge in [-0.15, -0.1) is 0 Å². The number of benzene rings is 4. The summed E-state index contributed by atoms with van der Waals surface area (Å²) < 4.78 is 5.20. The summed E-state index contributed by atoms with van der Waals surface area (Å²) >= 11 is 0. The van der Waals surface area contributed by atoms with E-state index in [-0.39, 0.29) is 0 Å². The molecule has 0 spiro atoms. The number of hydrogen-bond donors (Lipinski definition) is 2. The number of anilines is 2. The van der Waals surface area contributed by atoms with Crippen LogP contribution in [0.4, 0.5) is 27.5 Å². The molecular formula is C27H24N4O2. The van der Waals surface area contributed by atoms with Crippen molar-refractivity contribution >= 4 is 50.4 Å². The van der Waals surface area contributed by atoms with Crippen LogP contribution < -0.4 is 11.1 Å². The van der Waals surface area contributed by atoms with E-state index in [0.29, 0.717) is 17.1 Å². The highest BCUT2D eigenvalue weighted by Crippen LogP contribution is 2.25. The SMILES string of the molecule is [C-]#[N+]c1ccc2cc(N)ccc2c1.[C-]#[N+]c1ccc2cc(NC(=O)OC(C)(C)C)ccc2c1. The number of hydrogen-bond acceptors (Lipinski definition) is 3. The number of nitrogens with zero attached hydrogens (tertiary/aromatic N) is 2. The van der Waals surface area contributed by atoms with Crippen molar-refractivity contribution in [3.63, 3.8) is 0 Å². The minimum atomic E-state index is -0.522. The van der Waals surface area contributed by atoms with E-state index >= 15 is 0 Å². The van der Waals surface area contributed by atoms with Crippen LogP contribution in [0.2, 0.25) is 0 Å². The van der Waals surface area contributed by atoms with Gasteiger partial charge >= 0.3 is 6.09 Å². The first-order chi connectivity index (χ1) is 15.7. The molecule has 0 heterocycles. The minimum absolute atomic E-state index is 0.477. The molecule has 0 bridgehead atoms. The third-order valence-corrected chi connectivity index (χ3v) is 4.58. The van der Waals surface area contributed by atoms with Crippen LogP contribution in [0.3, 0.4) is 0 Å². The third-order valence-electron chi connectivity index (χ3n) is 4.58. The zero-order valence-corrected chi connectivity index (χ0v) is 18.7. The molecule has 4 aromatic rings. The predicted octanol–water partition coefficient (Wildman–Crippen LogP) is 7.71. The molecule has 0 aromatic heterocycles. The van der Waals surface area contributed by atoms with Crippen molar-refractivity contribution in [2.45, 2.75) is 26.4 Å². The van der Waals surface area contributed by atoms with Crippen LogP contribution >= 0.6 is 0 Å². The fourth-order valence-electron chi connectivity index (χ4n) is 3.12. The molecule has 3 N–H and O–H groups in total. The molecular weight excluding hydrogens is 412 g/mol. The minimum Gasteiger partial charge on any atom is -0.444 e. The second-order valence-corrected chi connectivity index (χ2v) is 8.39. The lowest BCUT2D eigenvalue weighted by Crippen LogP contribution is -2.27. The Labute approximate surface area is 193 Å². The Hall–Kier alpha value is -4.55. The molecule has 0 saturated heterocycles. The average Bonchev–Trinajstić information content (AvgIpc) is 2.77. The average molecular weight is 437 g/mol. The first-order valence-electron chi connectivity index (χ1n) is 10.2. The fraction of sp³-hybridized carbons (Fsp3) is 0.148. The van der Waals surface area contributed by atoms with E-state index in [1.54, 1.807) is 18.2 Å². The second kappa shape index (κ2) is 9.72. The topological polar surface area (TPSA) is 73.1 Å². The molecule has 0 fully saturated rings. The highest BCUT2D eigenvalue weighted by Gasteiger charge is 2.16. The Morgan fingerprint density at radius 2 is 1.27 bits per heavy atom. The van der Waals surface area contributed by atoms with Crippen LogP contribution in [-0.2, 0) is 4.74 Å². The summed E-state index contributed by atoms with van der Waals surface area (Å²) in [5.74, 6) is 0. The van der Waals surface area contributed by atoms with Crippen LogP contribution in [0.1, 0.15) is 20.8 Å². The van der Waals surface area contributed by atoms with Crippen molar-refractivity contribution < 1.29 is 9.53 Å². The molecule has 164 valence electrons. The highest BCUT2D eigenvalue weighted by molar-refractivity contribution is 5.92. The molecule has 4 rings (SSSR count). The van der Waals surface area contributed by atoms with Crippen molar-refractivity contribution in [2.24, 2.45) is 0 Å². The van der Waals surface area contributed by atoms with Crippen LogP contribution in [0.15, 0.2) is 72.8 Å². The van der Waals surface area contributed by atoms with Gasteiger partial charge in [0, 0.05) is 11.4 Å². The van der Waals surface area contributed by atoms with Gasteiger partial charge < -0.3 is 10.5 Å². The van der Waals surface area contributed by atoms with Gasteiger partial charge in [0.25, 0.3) is 0 Å². The van der Waals surface area contributed by atoms with Crippen molar-refractivity contribution in [1.82, 2.24) is 0 Å². The lowest BCUT2D eigenvalue weighted by Gasteiger charge is -2.19. The Morgan fingerprint density at radius 3 is 1.82 bits per heavy atom. The van der Waals surface area contributed by atoms with E-state index in [4.69, 9.17) is 23.6 Å². The summed E-state index contributed by atoms with van der Waals surface area (Å²) in [6.45, 7) is 19.3. The fourth-order valence-corrected chi connectivity index (χ4v) is 3.12. The van der Waals surface area contributed by atoms with Gasteiger partial charge in [0.1, 0.15) is 5.60 Å². The maximum Gasteiger partial charge on any atom is 0.412 e. The van der Waals surface area contributed by atoms with Crippen molar-refractivity contribution in [1.29, 1.82) is 0 Å². The monoisotopic (exact) mass is 436 g/mol. The van der Waals surface area contributed by atoms with E-state index in [9.17, 15) is 4.79 Å². The van der Waals surface area contributed by atoms with Crippen molar-refractivity contribution in [3.05, 3.63) is 95.6 Å². The zero-order valence-electron chi connectivity index (χ0n) is 18.7. The number of carbonyl (C=O) groups excluding carboxylic acids is 1. The molecule has 0 radical (unpaired) electrons. The normalized spacial score (nSPS) is 10.5. The number of nitrogens with two attached hydrogens (primary N) is 1. The van der Waals surface area contributed by atoms with E-state index in [1.807, 2.05) is 75.4 Å². The van der Waals surface area contributed by atoms with E-state index < -0.39 is 11.7 Å². The molecule has 4 aromatic carbocycles. The number of fused-ring (bicyclic) bond motifs is 2. The summed E-state index contributed by atoms with van der Waals surface area (Å²) in [6.07, 6.45) is -0.477. The number of rotatable bonds is 1. The molecule has 0 saturated carbocycles. The van der Waals surface area contributed by atoms with Crippen LogP contribution in [0.25, 0.3) is 31.2 Å². The van der Waals surface area contributed by atoms with Gasteiger partial charge in [-0.25, -0.2) is 14.5 Å². The molecule has 0 aliphatic carbocycles. The van der Waals surface area contributed by atoms with Gasteiger partial charge in [-0.2, -0.15) is 0 Å². The number of ether oxygens (including phenoxy) is 1. The smallest absolute Gasteiger partial charge is 0.412 e. The molecule has 6 nitrogen and oxygen atoms in total. The summed E-state index contributed by atoms with van der Waals surface area (Å²) in [4.78, 5) is 18.4. The van der Waals surface area contributed by atoms with Gasteiger partial charge in [0.2, 0.25) is 0 Å². The molecule has 0 unspecified atom stereocenters. The highest BCUT2D eigenvalue weighted by atomic mass is 16.6. The van der Waals surface area contributed by atoms with Gasteiger partial charge in [0.05, 0.1) is 13.1 Å². The van der Waals surface area contributed by atoms with Crippen molar-refractivity contribution in [2.75, 3.05) is 11.1 Å². The van der Waals surface area contributed by atoms with Crippen LogP contribution in [-0.4, -0.2) is 11.7 Å².